The summed E-state index contributed by atoms with van der Waals surface area (Å²) in [6.45, 7) is 4.72. The van der Waals surface area contributed by atoms with Gasteiger partial charge in [-0.15, -0.1) is 0 Å². The molecular weight excluding hydrogens is 276 g/mol. The molecule has 0 atom stereocenters. The second-order valence-electron chi connectivity index (χ2n) is 5.45. The molecule has 6 heteroatoms. The first-order valence-electron chi connectivity index (χ1n) is 7.61. The summed E-state index contributed by atoms with van der Waals surface area (Å²) < 4.78 is 31.5. The average Bonchev–Trinajstić information content (AvgIpc) is 2.80. The van der Waals surface area contributed by atoms with Crippen molar-refractivity contribution in [2.24, 2.45) is 0 Å². The molecule has 1 aliphatic rings. The lowest BCUT2D eigenvalue weighted by Gasteiger charge is -2.21. The molecule has 0 aliphatic carbocycles. The second kappa shape index (κ2) is 9.23. The maximum atomic E-state index is 10.5. The van der Waals surface area contributed by atoms with E-state index >= 15 is 0 Å². The molecule has 1 aliphatic heterocycles. The Kier molecular flexibility index (Phi) is 7.99. The van der Waals surface area contributed by atoms with Crippen molar-refractivity contribution < 1.29 is 13.0 Å². The summed E-state index contributed by atoms with van der Waals surface area (Å²) in [5, 5.41) is 0. The maximum absolute atomic E-state index is 10.5. The predicted molar refractivity (Wildman–Crippen MR) is 80.0 cm³/mol. The molecule has 1 rings (SSSR count). The van der Waals surface area contributed by atoms with Crippen molar-refractivity contribution in [3.8, 4) is 0 Å². The van der Waals surface area contributed by atoms with Crippen LogP contribution in [0.3, 0.4) is 0 Å². The zero-order chi connectivity index (χ0) is 14.8. The van der Waals surface area contributed by atoms with E-state index in [1.165, 1.54) is 38.5 Å². The van der Waals surface area contributed by atoms with E-state index in [-0.39, 0.29) is 5.75 Å². The third-order valence-corrected chi connectivity index (χ3v) is 4.28. The van der Waals surface area contributed by atoms with Crippen molar-refractivity contribution in [2.45, 2.75) is 51.9 Å². The van der Waals surface area contributed by atoms with Gasteiger partial charge in [-0.3, -0.25) is 0 Å². The monoisotopic (exact) mass is 303 g/mol. The Morgan fingerprint density at radius 1 is 0.950 bits per heavy atom. The van der Waals surface area contributed by atoms with Gasteiger partial charge >= 0.3 is 0 Å². The highest BCUT2D eigenvalue weighted by Gasteiger charge is 2.11. The lowest BCUT2D eigenvalue weighted by molar-refractivity contribution is 0.261. The fraction of sp³-hybridized carbons (Fsp3) is 0.857. The molecule has 0 amide bonds. The highest BCUT2D eigenvalue weighted by atomic mass is 32.2. The third-order valence-electron chi connectivity index (χ3n) is 3.49. The quantitative estimate of drug-likeness (QED) is 0.433. The Balaban J connectivity index is 2.02. The first-order valence-corrected chi connectivity index (χ1v) is 9.19. The SMILES string of the molecule is CCCCCCCCN1C=CN(CCCS(=O)(=O)[O-])C1. The van der Waals surface area contributed by atoms with Crippen molar-refractivity contribution in [3.05, 3.63) is 12.4 Å². The van der Waals surface area contributed by atoms with Crippen LogP contribution in [0.5, 0.6) is 0 Å². The van der Waals surface area contributed by atoms with E-state index in [2.05, 4.69) is 22.9 Å². The molecule has 0 aromatic rings. The molecule has 0 unspecified atom stereocenters. The summed E-state index contributed by atoms with van der Waals surface area (Å²) in [4.78, 5) is 4.30. The number of nitrogens with zero attached hydrogens (tertiary/aromatic N) is 2. The van der Waals surface area contributed by atoms with Gasteiger partial charge in [0.2, 0.25) is 0 Å². The highest BCUT2D eigenvalue weighted by molar-refractivity contribution is 7.85. The van der Waals surface area contributed by atoms with E-state index in [4.69, 9.17) is 0 Å². The van der Waals surface area contributed by atoms with Gasteiger partial charge in [0.1, 0.15) is 0 Å². The summed E-state index contributed by atoms with van der Waals surface area (Å²) in [5.74, 6) is -0.269. The van der Waals surface area contributed by atoms with Crippen LogP contribution in [0.25, 0.3) is 0 Å². The van der Waals surface area contributed by atoms with Gasteiger partial charge in [0, 0.05) is 31.2 Å². The Labute approximate surface area is 123 Å². The smallest absolute Gasteiger partial charge is 0.0946 e. The number of hydrogen-bond donors (Lipinski definition) is 0. The van der Waals surface area contributed by atoms with Gasteiger partial charge in [-0.1, -0.05) is 39.0 Å². The minimum absolute atomic E-state index is 0.269. The summed E-state index contributed by atoms with van der Waals surface area (Å²) in [6, 6.07) is 0. The van der Waals surface area contributed by atoms with Crippen molar-refractivity contribution in [3.63, 3.8) is 0 Å². The molecule has 118 valence electrons. The molecule has 0 bridgehead atoms. The van der Waals surface area contributed by atoms with E-state index < -0.39 is 10.1 Å². The Morgan fingerprint density at radius 3 is 2.10 bits per heavy atom. The number of unbranched alkanes of at least 4 members (excludes halogenated alkanes) is 5. The van der Waals surface area contributed by atoms with Gasteiger partial charge in [0.15, 0.2) is 0 Å². The van der Waals surface area contributed by atoms with Gasteiger partial charge in [-0.2, -0.15) is 0 Å². The second-order valence-corrected chi connectivity index (χ2v) is 6.97. The van der Waals surface area contributed by atoms with E-state index in [0.29, 0.717) is 13.0 Å². The summed E-state index contributed by atoms with van der Waals surface area (Å²) in [5.41, 5.74) is 0. The van der Waals surface area contributed by atoms with Crippen molar-refractivity contribution in [2.75, 3.05) is 25.5 Å². The van der Waals surface area contributed by atoms with Crippen molar-refractivity contribution in [1.29, 1.82) is 0 Å². The molecule has 5 nitrogen and oxygen atoms in total. The molecule has 0 fully saturated rings. The molecule has 0 spiro atoms. The van der Waals surface area contributed by atoms with E-state index in [0.717, 1.165) is 13.2 Å². The van der Waals surface area contributed by atoms with Gasteiger partial charge in [-0.25, -0.2) is 8.42 Å². The Bertz CT molecular complexity index is 382. The van der Waals surface area contributed by atoms with Gasteiger partial charge in [0.05, 0.1) is 16.8 Å². The minimum atomic E-state index is -4.07. The average molecular weight is 303 g/mol. The molecule has 0 saturated carbocycles. The van der Waals surface area contributed by atoms with E-state index in [9.17, 15) is 13.0 Å². The molecular formula is C14H27N2O3S-. The van der Waals surface area contributed by atoms with Crippen LogP contribution in [0.4, 0.5) is 0 Å². The zero-order valence-electron chi connectivity index (χ0n) is 12.5. The molecule has 0 aromatic carbocycles. The molecule has 0 saturated heterocycles. The van der Waals surface area contributed by atoms with E-state index in [1.54, 1.807) is 0 Å². The van der Waals surface area contributed by atoms with Crippen LogP contribution in [0, 0.1) is 0 Å². The Hall–Kier alpha value is -0.750. The molecule has 0 aromatic heterocycles. The van der Waals surface area contributed by atoms with Gasteiger partial charge in [0.25, 0.3) is 0 Å². The van der Waals surface area contributed by atoms with Gasteiger partial charge < -0.3 is 14.4 Å². The van der Waals surface area contributed by atoms with Crippen LogP contribution in [-0.2, 0) is 10.1 Å². The van der Waals surface area contributed by atoms with Crippen molar-refractivity contribution in [1.82, 2.24) is 9.80 Å². The van der Waals surface area contributed by atoms with E-state index in [1.807, 2.05) is 6.20 Å². The van der Waals surface area contributed by atoms with Crippen LogP contribution in [0.1, 0.15) is 51.9 Å². The van der Waals surface area contributed by atoms with Crippen LogP contribution in [0.15, 0.2) is 12.4 Å². The Morgan fingerprint density at radius 2 is 1.50 bits per heavy atom. The maximum Gasteiger partial charge on any atom is 0.0946 e. The van der Waals surface area contributed by atoms with Crippen LogP contribution in [-0.4, -0.2) is 48.3 Å². The van der Waals surface area contributed by atoms with Crippen LogP contribution in [0.2, 0.25) is 0 Å². The zero-order valence-corrected chi connectivity index (χ0v) is 13.3. The largest absolute Gasteiger partial charge is 0.748 e. The van der Waals surface area contributed by atoms with Crippen LogP contribution < -0.4 is 0 Å². The first kappa shape index (κ1) is 17.3. The fourth-order valence-corrected chi connectivity index (χ4v) is 2.83. The van der Waals surface area contributed by atoms with Crippen molar-refractivity contribution >= 4 is 10.1 Å². The fourth-order valence-electron chi connectivity index (χ4n) is 2.35. The number of hydrogen-bond acceptors (Lipinski definition) is 5. The summed E-state index contributed by atoms with van der Waals surface area (Å²) >= 11 is 0. The third kappa shape index (κ3) is 8.43. The summed E-state index contributed by atoms with van der Waals surface area (Å²) in [6.07, 6.45) is 12.2. The molecule has 0 N–H and O–H groups in total. The molecule has 20 heavy (non-hydrogen) atoms. The summed E-state index contributed by atoms with van der Waals surface area (Å²) in [7, 11) is -4.07. The lowest BCUT2D eigenvalue weighted by Crippen LogP contribution is -2.27. The predicted octanol–water partition coefficient (Wildman–Crippen LogP) is 2.33. The first-order chi connectivity index (χ1) is 9.51. The standard InChI is InChI=1S/C14H28N2O3S/c1-2-3-4-5-6-7-9-15-11-12-16(14-15)10-8-13-20(17,18)19/h11-12H,2-10,13-14H2,1H3,(H,17,18,19)/p-1. The number of rotatable bonds is 11. The molecule has 0 radical (unpaired) electrons. The molecule has 1 heterocycles. The van der Waals surface area contributed by atoms with Gasteiger partial charge in [-0.05, 0) is 12.8 Å². The van der Waals surface area contributed by atoms with Crippen LogP contribution >= 0.6 is 0 Å². The lowest BCUT2D eigenvalue weighted by atomic mass is 10.1. The topological polar surface area (TPSA) is 63.7 Å². The normalized spacial score (nSPS) is 15.3. The highest BCUT2D eigenvalue weighted by Crippen LogP contribution is 2.11. The minimum Gasteiger partial charge on any atom is -0.748 e.